The molecule has 0 spiro atoms. The molecule has 10 heteroatoms. The summed E-state index contributed by atoms with van der Waals surface area (Å²) in [6.07, 6.45) is 5.00. The summed E-state index contributed by atoms with van der Waals surface area (Å²) in [7, 11) is 5.12. The van der Waals surface area contributed by atoms with Crippen LogP contribution in [0.15, 0.2) is 73.2 Å². The van der Waals surface area contributed by atoms with E-state index in [2.05, 4.69) is 20.6 Å². The number of carbonyl (C=O) groups excluding carboxylic acids is 1. The lowest BCUT2D eigenvalue weighted by molar-refractivity contribution is 0.0958. The van der Waals surface area contributed by atoms with Crippen molar-refractivity contribution in [3.05, 3.63) is 78.9 Å². The van der Waals surface area contributed by atoms with E-state index in [9.17, 15) is 4.79 Å². The van der Waals surface area contributed by atoms with Gasteiger partial charge in [0, 0.05) is 55.4 Å². The second-order valence-corrected chi connectivity index (χ2v) is 9.32. The molecule has 40 heavy (non-hydrogen) atoms. The number of carbonyl (C=O) groups is 1. The summed E-state index contributed by atoms with van der Waals surface area (Å²) < 4.78 is 19.4. The van der Waals surface area contributed by atoms with E-state index in [0.717, 1.165) is 33.6 Å². The molecule has 0 atom stereocenters. The molecule has 0 fully saturated rings. The number of imidazole rings is 1. The van der Waals surface area contributed by atoms with Crippen molar-refractivity contribution in [2.45, 2.75) is 20.0 Å². The van der Waals surface area contributed by atoms with E-state index < -0.39 is 0 Å². The molecule has 1 amide bonds. The van der Waals surface area contributed by atoms with Gasteiger partial charge in [-0.25, -0.2) is 4.98 Å². The number of fused-ring (bicyclic) bond motifs is 1. The van der Waals surface area contributed by atoms with Crippen LogP contribution in [0.2, 0.25) is 0 Å². The highest BCUT2D eigenvalue weighted by Crippen LogP contribution is 2.36. The number of rotatable bonds is 9. The molecule has 0 radical (unpaired) electrons. The minimum Gasteiger partial charge on any atom is -0.495 e. The van der Waals surface area contributed by atoms with Crippen LogP contribution in [-0.4, -0.2) is 45.7 Å². The number of methoxy groups -OCH3 is 1. The third kappa shape index (κ3) is 5.65. The van der Waals surface area contributed by atoms with Crippen molar-refractivity contribution in [3.8, 4) is 34.1 Å². The number of hydrogen-bond acceptors (Lipinski definition) is 8. The fraction of sp³-hybridized carbons (Fsp3) is 0.200. The summed E-state index contributed by atoms with van der Waals surface area (Å²) in [5.41, 5.74) is 4.54. The van der Waals surface area contributed by atoms with Crippen LogP contribution >= 0.6 is 0 Å². The Morgan fingerprint density at radius 1 is 0.975 bits per heavy atom. The van der Waals surface area contributed by atoms with Gasteiger partial charge in [-0.3, -0.25) is 14.8 Å². The number of aromatic nitrogens is 4. The van der Waals surface area contributed by atoms with Gasteiger partial charge in [-0.05, 0) is 56.3 Å². The number of amides is 1. The highest BCUT2D eigenvalue weighted by atomic mass is 16.5. The monoisotopic (exact) mass is 538 g/mol. The van der Waals surface area contributed by atoms with Gasteiger partial charge in [0.15, 0.2) is 0 Å². The maximum atomic E-state index is 11.9. The average molecular weight is 539 g/mol. The van der Waals surface area contributed by atoms with Crippen molar-refractivity contribution in [2.75, 3.05) is 19.5 Å². The fourth-order valence-electron chi connectivity index (χ4n) is 4.21. The normalized spacial score (nSPS) is 10.9. The van der Waals surface area contributed by atoms with Gasteiger partial charge in [-0.2, -0.15) is 0 Å². The Hall–Kier alpha value is -5.12. The molecule has 204 valence electrons. The van der Waals surface area contributed by atoms with Crippen LogP contribution in [0.1, 0.15) is 24.3 Å². The van der Waals surface area contributed by atoms with Crippen LogP contribution < -0.4 is 24.8 Å². The number of benzene rings is 2. The number of pyridine rings is 2. The molecule has 5 aromatic rings. The van der Waals surface area contributed by atoms with Crippen molar-refractivity contribution in [2.24, 2.45) is 7.05 Å². The van der Waals surface area contributed by atoms with Crippen molar-refractivity contribution in [1.82, 2.24) is 24.8 Å². The lowest BCUT2D eigenvalue weighted by Crippen LogP contribution is -2.18. The predicted molar refractivity (Wildman–Crippen MR) is 154 cm³/mol. The molecule has 10 nitrogen and oxygen atoms in total. The Morgan fingerprint density at radius 3 is 2.58 bits per heavy atom. The van der Waals surface area contributed by atoms with E-state index in [4.69, 9.17) is 19.2 Å². The van der Waals surface area contributed by atoms with Crippen LogP contribution in [0.3, 0.4) is 0 Å². The lowest BCUT2D eigenvalue weighted by atomic mass is 10.1. The zero-order valence-corrected chi connectivity index (χ0v) is 22.9. The van der Waals surface area contributed by atoms with E-state index >= 15 is 0 Å². The van der Waals surface area contributed by atoms with Gasteiger partial charge in [0.1, 0.15) is 28.7 Å². The maximum absolute atomic E-state index is 11.9. The first kappa shape index (κ1) is 26.5. The highest BCUT2D eigenvalue weighted by Gasteiger charge is 2.14. The predicted octanol–water partition coefficient (Wildman–Crippen LogP) is 5.72. The maximum Gasteiger partial charge on any atom is 0.269 e. The van der Waals surface area contributed by atoms with E-state index in [1.807, 2.05) is 67.9 Å². The second kappa shape index (κ2) is 11.3. The van der Waals surface area contributed by atoms with Crippen molar-refractivity contribution >= 4 is 28.6 Å². The Balaban J connectivity index is 1.44. The van der Waals surface area contributed by atoms with E-state index in [1.165, 1.54) is 6.20 Å². The first-order chi connectivity index (χ1) is 19.3. The summed E-state index contributed by atoms with van der Waals surface area (Å²) in [4.78, 5) is 25.1. The molecular weight excluding hydrogens is 508 g/mol. The summed E-state index contributed by atoms with van der Waals surface area (Å²) in [5, 5.41) is 5.99. The number of aryl methyl sites for hydroxylation is 1. The number of ether oxygens (including phenoxy) is 3. The number of nitrogens with zero attached hydrogens (tertiary/aromatic N) is 4. The SMILES string of the molecule is CNC(=O)c1cc(Oc2ccc3c(c2)nc(Nc2ccc(OC(C)C)c(-c4cncc(OC)c4)c2)n3C)ccn1. The van der Waals surface area contributed by atoms with Crippen molar-refractivity contribution in [1.29, 1.82) is 0 Å². The van der Waals surface area contributed by atoms with Gasteiger partial charge in [-0.1, -0.05) is 0 Å². The van der Waals surface area contributed by atoms with Gasteiger partial charge in [0.2, 0.25) is 5.95 Å². The second-order valence-electron chi connectivity index (χ2n) is 9.32. The largest absolute Gasteiger partial charge is 0.495 e. The van der Waals surface area contributed by atoms with Crippen LogP contribution in [0.25, 0.3) is 22.2 Å². The van der Waals surface area contributed by atoms with E-state index in [-0.39, 0.29) is 17.7 Å². The minimum atomic E-state index is -0.282. The zero-order chi connectivity index (χ0) is 28.2. The van der Waals surface area contributed by atoms with E-state index in [1.54, 1.807) is 38.7 Å². The van der Waals surface area contributed by atoms with E-state index in [0.29, 0.717) is 23.2 Å². The Bertz CT molecular complexity index is 1680. The molecule has 0 bridgehead atoms. The first-order valence-corrected chi connectivity index (χ1v) is 12.7. The topological polar surface area (TPSA) is 112 Å². The van der Waals surface area contributed by atoms with Gasteiger partial charge in [0.05, 0.1) is 30.4 Å². The smallest absolute Gasteiger partial charge is 0.269 e. The van der Waals surface area contributed by atoms with Crippen molar-refractivity contribution in [3.63, 3.8) is 0 Å². The summed E-state index contributed by atoms with van der Waals surface area (Å²) in [6.45, 7) is 3.99. The molecule has 0 unspecified atom stereocenters. The molecule has 5 rings (SSSR count). The molecule has 0 aliphatic rings. The van der Waals surface area contributed by atoms with Crippen LogP contribution in [0.4, 0.5) is 11.6 Å². The third-order valence-electron chi connectivity index (χ3n) is 6.14. The molecule has 0 saturated heterocycles. The third-order valence-corrected chi connectivity index (χ3v) is 6.14. The molecule has 2 N–H and O–H groups in total. The molecule has 0 aliphatic carbocycles. The number of anilines is 2. The molecule has 2 aromatic carbocycles. The molecule has 0 saturated carbocycles. The summed E-state index contributed by atoms with van der Waals surface area (Å²) in [6, 6.07) is 16.8. The highest BCUT2D eigenvalue weighted by molar-refractivity contribution is 5.92. The lowest BCUT2D eigenvalue weighted by Gasteiger charge is -2.16. The Morgan fingerprint density at radius 2 is 1.80 bits per heavy atom. The first-order valence-electron chi connectivity index (χ1n) is 12.7. The van der Waals surface area contributed by atoms with Crippen molar-refractivity contribution < 1.29 is 19.0 Å². The number of nitrogens with one attached hydrogen (secondary N) is 2. The standard InChI is InChI=1S/C30H30N6O4/c1-18(2)39-28-9-6-20(13-24(28)19-12-23(38-5)17-32-16-19)34-30-35-25-14-21(7-8-27(25)36(30)4)40-22-10-11-33-26(15-22)29(37)31-3/h6-18H,1-5H3,(H,31,37)(H,34,35). The number of hydrogen-bond donors (Lipinski definition) is 2. The fourth-order valence-corrected chi connectivity index (χ4v) is 4.21. The quantitative estimate of drug-likeness (QED) is 0.245. The average Bonchev–Trinajstić information content (AvgIpc) is 3.27. The van der Waals surface area contributed by atoms with Gasteiger partial charge in [0.25, 0.3) is 5.91 Å². The van der Waals surface area contributed by atoms with Crippen LogP contribution in [0.5, 0.6) is 23.0 Å². The van der Waals surface area contributed by atoms with Gasteiger partial charge < -0.3 is 29.4 Å². The van der Waals surface area contributed by atoms with Gasteiger partial charge >= 0.3 is 0 Å². The zero-order valence-electron chi connectivity index (χ0n) is 22.9. The Kier molecular flexibility index (Phi) is 7.50. The molecule has 0 aliphatic heterocycles. The van der Waals surface area contributed by atoms with Crippen LogP contribution in [0, 0.1) is 0 Å². The van der Waals surface area contributed by atoms with Gasteiger partial charge in [-0.15, -0.1) is 0 Å². The molecular formula is C30H30N6O4. The minimum absolute atomic E-state index is 0.00918. The Labute approximate surface area is 232 Å². The molecule has 3 aromatic heterocycles. The van der Waals surface area contributed by atoms with Crippen LogP contribution in [-0.2, 0) is 7.05 Å². The summed E-state index contributed by atoms with van der Waals surface area (Å²) in [5.74, 6) is 2.88. The summed E-state index contributed by atoms with van der Waals surface area (Å²) >= 11 is 0. The molecule has 3 heterocycles.